The number of hydrogen-bond donors (Lipinski definition) is 2. The van der Waals surface area contributed by atoms with Crippen molar-refractivity contribution >= 4 is 23.5 Å². The molecule has 102 valence electrons. The van der Waals surface area contributed by atoms with Crippen molar-refractivity contribution in [1.82, 2.24) is 5.32 Å². The first-order valence-electron chi connectivity index (χ1n) is 5.96. The van der Waals surface area contributed by atoms with E-state index in [2.05, 4.69) is 5.32 Å². The number of halogens is 2. The van der Waals surface area contributed by atoms with Crippen molar-refractivity contribution in [2.24, 2.45) is 5.92 Å². The lowest BCUT2D eigenvalue weighted by atomic mass is 10.1. The third-order valence-corrected chi connectivity index (χ3v) is 3.53. The summed E-state index contributed by atoms with van der Waals surface area (Å²) in [7, 11) is 0. The molecule has 6 heteroatoms. The lowest BCUT2D eigenvalue weighted by Gasteiger charge is -2.13. The second kappa shape index (κ2) is 5.57. The normalized spacial score (nSPS) is 22.2. The molecule has 2 atom stereocenters. The molecule has 1 amide bonds. The maximum Gasteiger partial charge on any atom is 0.306 e. The summed E-state index contributed by atoms with van der Waals surface area (Å²) in [6, 6.07) is 3.53. The molecule has 1 aliphatic rings. The number of amides is 1. The number of carbonyl (C=O) groups excluding carboxylic acids is 1. The van der Waals surface area contributed by atoms with Crippen molar-refractivity contribution in [2.75, 3.05) is 0 Å². The molecule has 0 heterocycles. The first-order chi connectivity index (χ1) is 8.97. The topological polar surface area (TPSA) is 66.4 Å². The molecule has 0 unspecified atom stereocenters. The average molecular weight is 286 g/mol. The molecule has 0 radical (unpaired) electrons. The van der Waals surface area contributed by atoms with Crippen molar-refractivity contribution in [3.05, 3.63) is 34.6 Å². The van der Waals surface area contributed by atoms with E-state index in [-0.39, 0.29) is 16.6 Å². The molecule has 1 fully saturated rings. The number of carboxylic acid groups (broad SMARTS) is 1. The number of carboxylic acids is 1. The molecule has 0 saturated heterocycles. The van der Waals surface area contributed by atoms with Gasteiger partial charge in [-0.3, -0.25) is 9.59 Å². The van der Waals surface area contributed by atoms with Crippen LogP contribution in [0.25, 0.3) is 0 Å². The second-order valence-electron chi connectivity index (χ2n) is 4.64. The van der Waals surface area contributed by atoms with Gasteiger partial charge in [-0.2, -0.15) is 0 Å². The van der Waals surface area contributed by atoms with Gasteiger partial charge in [-0.15, -0.1) is 0 Å². The first kappa shape index (κ1) is 13.8. The van der Waals surface area contributed by atoms with E-state index in [1.807, 2.05) is 0 Å². The number of carbonyl (C=O) groups is 2. The molecule has 1 aromatic carbocycles. The average Bonchev–Trinajstić information content (AvgIpc) is 2.80. The molecule has 1 aromatic rings. The third-order valence-electron chi connectivity index (χ3n) is 3.29. The van der Waals surface area contributed by atoms with E-state index in [9.17, 15) is 14.0 Å². The van der Waals surface area contributed by atoms with Gasteiger partial charge in [-0.25, -0.2) is 4.39 Å². The standard InChI is InChI=1S/C13H13ClFNO3/c14-8-2-4-11(15)10(6-8)12(17)16-9-3-1-7(5-9)13(18)19/h2,4,6-7,9H,1,3,5H2,(H,16,17)(H,18,19)/t7-,9+/m0/s1. The van der Waals surface area contributed by atoms with Crippen LogP contribution in [0.3, 0.4) is 0 Å². The fourth-order valence-corrected chi connectivity index (χ4v) is 2.44. The van der Waals surface area contributed by atoms with Crippen LogP contribution >= 0.6 is 11.6 Å². The first-order valence-corrected chi connectivity index (χ1v) is 6.34. The van der Waals surface area contributed by atoms with E-state index in [0.717, 1.165) is 6.07 Å². The third kappa shape index (κ3) is 3.23. The highest BCUT2D eigenvalue weighted by Gasteiger charge is 2.31. The largest absolute Gasteiger partial charge is 0.481 e. The minimum Gasteiger partial charge on any atom is -0.481 e. The predicted octanol–water partition coefficient (Wildman–Crippen LogP) is 2.46. The Hall–Kier alpha value is -1.62. The summed E-state index contributed by atoms with van der Waals surface area (Å²) in [5.41, 5.74) is -0.119. The zero-order valence-corrected chi connectivity index (χ0v) is 10.8. The van der Waals surface area contributed by atoms with Gasteiger partial charge < -0.3 is 10.4 Å². The molecule has 0 bridgehead atoms. The second-order valence-corrected chi connectivity index (χ2v) is 5.08. The van der Waals surface area contributed by atoms with E-state index in [0.29, 0.717) is 19.3 Å². The zero-order valence-electron chi connectivity index (χ0n) is 10.0. The van der Waals surface area contributed by atoms with Gasteiger partial charge in [0.1, 0.15) is 5.82 Å². The van der Waals surface area contributed by atoms with Crippen LogP contribution in [0.5, 0.6) is 0 Å². The predicted molar refractivity (Wildman–Crippen MR) is 67.6 cm³/mol. The minimum atomic E-state index is -0.856. The zero-order chi connectivity index (χ0) is 14.0. The molecule has 2 rings (SSSR count). The maximum absolute atomic E-state index is 13.5. The lowest BCUT2D eigenvalue weighted by Crippen LogP contribution is -2.33. The summed E-state index contributed by atoms with van der Waals surface area (Å²) >= 11 is 5.72. The van der Waals surface area contributed by atoms with Crippen LogP contribution in [0, 0.1) is 11.7 Å². The van der Waals surface area contributed by atoms with Gasteiger partial charge in [0.2, 0.25) is 0 Å². The van der Waals surface area contributed by atoms with E-state index in [1.54, 1.807) is 0 Å². The summed E-state index contributed by atoms with van der Waals surface area (Å²) < 4.78 is 13.5. The van der Waals surface area contributed by atoms with Crippen molar-refractivity contribution in [1.29, 1.82) is 0 Å². The monoisotopic (exact) mass is 285 g/mol. The van der Waals surface area contributed by atoms with E-state index in [1.165, 1.54) is 12.1 Å². The van der Waals surface area contributed by atoms with Gasteiger partial charge in [0.05, 0.1) is 11.5 Å². The molecular formula is C13H13ClFNO3. The van der Waals surface area contributed by atoms with Gasteiger partial charge in [0.15, 0.2) is 0 Å². The number of rotatable bonds is 3. The van der Waals surface area contributed by atoms with Crippen molar-refractivity contribution in [3.63, 3.8) is 0 Å². The van der Waals surface area contributed by atoms with Gasteiger partial charge in [0, 0.05) is 11.1 Å². The van der Waals surface area contributed by atoms with Gasteiger partial charge >= 0.3 is 5.97 Å². The van der Waals surface area contributed by atoms with Gasteiger partial charge in [-0.05, 0) is 37.5 Å². The molecule has 19 heavy (non-hydrogen) atoms. The Kier molecular flexibility index (Phi) is 4.04. The minimum absolute atomic E-state index is 0.119. The molecule has 2 N–H and O–H groups in total. The maximum atomic E-state index is 13.5. The Morgan fingerprint density at radius 2 is 2.11 bits per heavy atom. The highest BCUT2D eigenvalue weighted by Crippen LogP contribution is 2.26. The highest BCUT2D eigenvalue weighted by molar-refractivity contribution is 6.31. The van der Waals surface area contributed by atoms with Crippen molar-refractivity contribution < 1.29 is 19.1 Å². The van der Waals surface area contributed by atoms with Gasteiger partial charge in [-0.1, -0.05) is 11.6 Å². The fourth-order valence-electron chi connectivity index (χ4n) is 2.27. The van der Waals surface area contributed by atoms with E-state index in [4.69, 9.17) is 16.7 Å². The Morgan fingerprint density at radius 1 is 1.37 bits per heavy atom. The number of aliphatic carboxylic acids is 1. The molecule has 0 spiro atoms. The van der Waals surface area contributed by atoms with Crippen molar-refractivity contribution in [3.8, 4) is 0 Å². The smallest absolute Gasteiger partial charge is 0.306 e. The van der Waals surface area contributed by atoms with Crippen LogP contribution in [-0.4, -0.2) is 23.0 Å². The molecule has 0 aliphatic heterocycles. The highest BCUT2D eigenvalue weighted by atomic mass is 35.5. The number of hydrogen-bond acceptors (Lipinski definition) is 2. The molecule has 4 nitrogen and oxygen atoms in total. The Morgan fingerprint density at radius 3 is 2.74 bits per heavy atom. The summed E-state index contributed by atoms with van der Waals surface area (Å²) in [5.74, 6) is -2.49. The lowest BCUT2D eigenvalue weighted by molar-refractivity contribution is -0.141. The summed E-state index contributed by atoms with van der Waals surface area (Å²) in [6.07, 6.45) is 1.49. The number of nitrogens with one attached hydrogen (secondary N) is 1. The van der Waals surface area contributed by atoms with Crippen LogP contribution in [0.1, 0.15) is 29.6 Å². The van der Waals surface area contributed by atoms with Crippen LogP contribution in [0.2, 0.25) is 5.02 Å². The van der Waals surface area contributed by atoms with Crippen LogP contribution in [-0.2, 0) is 4.79 Å². The molecule has 1 aliphatic carbocycles. The van der Waals surface area contributed by atoms with E-state index >= 15 is 0 Å². The Balaban J connectivity index is 2.02. The molecule has 0 aromatic heterocycles. The Labute approximate surface area is 114 Å². The molecule has 1 saturated carbocycles. The van der Waals surface area contributed by atoms with Crippen molar-refractivity contribution in [2.45, 2.75) is 25.3 Å². The summed E-state index contributed by atoms with van der Waals surface area (Å²) in [5, 5.41) is 11.8. The van der Waals surface area contributed by atoms with Gasteiger partial charge in [0.25, 0.3) is 5.91 Å². The van der Waals surface area contributed by atoms with Crippen LogP contribution in [0.4, 0.5) is 4.39 Å². The quantitative estimate of drug-likeness (QED) is 0.896. The summed E-state index contributed by atoms with van der Waals surface area (Å²) in [4.78, 5) is 22.7. The SMILES string of the molecule is O=C(N[C@@H]1CC[C@H](C(=O)O)C1)c1cc(Cl)ccc1F. The van der Waals surface area contributed by atoms with E-state index < -0.39 is 23.6 Å². The molecular weight excluding hydrogens is 273 g/mol. The van der Waals surface area contributed by atoms with Crippen LogP contribution < -0.4 is 5.32 Å². The fraction of sp³-hybridized carbons (Fsp3) is 0.385. The summed E-state index contributed by atoms with van der Waals surface area (Å²) in [6.45, 7) is 0. The van der Waals surface area contributed by atoms with Crippen LogP contribution in [0.15, 0.2) is 18.2 Å². The Bertz CT molecular complexity index is 521. The number of benzene rings is 1.